The lowest BCUT2D eigenvalue weighted by Gasteiger charge is -2.28. The van der Waals surface area contributed by atoms with Crippen LogP contribution in [0, 0.1) is 5.82 Å². The molecule has 5 heteroatoms. The summed E-state index contributed by atoms with van der Waals surface area (Å²) in [6.07, 6.45) is 3.00. The molecule has 0 radical (unpaired) electrons. The number of rotatable bonds is 4. The Kier molecular flexibility index (Phi) is 4.91. The van der Waals surface area contributed by atoms with Gasteiger partial charge in [-0.05, 0) is 37.6 Å². The third kappa shape index (κ3) is 3.39. The third-order valence-corrected chi connectivity index (χ3v) is 3.75. The minimum Gasteiger partial charge on any atom is -0.332 e. The largest absolute Gasteiger partial charge is 0.332 e. The number of hydrogen-bond donors (Lipinski definition) is 0. The number of aromatic nitrogens is 1. The van der Waals surface area contributed by atoms with Gasteiger partial charge in [-0.1, -0.05) is 23.7 Å². The van der Waals surface area contributed by atoms with E-state index in [1.54, 1.807) is 29.3 Å². The Morgan fingerprint density at radius 1 is 1.33 bits per heavy atom. The van der Waals surface area contributed by atoms with Crippen LogP contribution in [0.2, 0.25) is 5.02 Å². The summed E-state index contributed by atoms with van der Waals surface area (Å²) in [5, 5.41) is 0.375. The van der Waals surface area contributed by atoms with Gasteiger partial charge in [0.2, 0.25) is 0 Å². The average molecular weight is 307 g/mol. The number of carbonyl (C=O) groups excluding carboxylic acids is 1. The first-order valence-corrected chi connectivity index (χ1v) is 7.08. The standard InChI is InChI=1S/C16H16ClFN2O/c1-3-20(11(2)12-4-6-13(18)7-5-12)16(21)14-10-19-9-8-15(14)17/h4-11H,3H2,1-2H3. The van der Waals surface area contributed by atoms with Crippen LogP contribution in [0.25, 0.3) is 0 Å². The van der Waals surface area contributed by atoms with Crippen molar-refractivity contribution in [2.75, 3.05) is 6.54 Å². The van der Waals surface area contributed by atoms with Crippen molar-refractivity contribution < 1.29 is 9.18 Å². The summed E-state index contributed by atoms with van der Waals surface area (Å²) < 4.78 is 13.0. The number of halogens is 2. The monoisotopic (exact) mass is 306 g/mol. The van der Waals surface area contributed by atoms with E-state index in [1.807, 2.05) is 13.8 Å². The number of hydrogen-bond acceptors (Lipinski definition) is 2. The van der Waals surface area contributed by atoms with Crippen molar-refractivity contribution in [3.8, 4) is 0 Å². The van der Waals surface area contributed by atoms with Crippen molar-refractivity contribution in [1.82, 2.24) is 9.88 Å². The van der Waals surface area contributed by atoms with Crippen LogP contribution in [0.15, 0.2) is 42.7 Å². The Balaban J connectivity index is 2.29. The van der Waals surface area contributed by atoms with Crippen molar-refractivity contribution >= 4 is 17.5 Å². The predicted molar refractivity (Wildman–Crippen MR) is 80.8 cm³/mol. The van der Waals surface area contributed by atoms with Crippen molar-refractivity contribution in [3.63, 3.8) is 0 Å². The minimum atomic E-state index is -0.296. The summed E-state index contributed by atoms with van der Waals surface area (Å²) in [7, 11) is 0. The molecule has 1 unspecified atom stereocenters. The van der Waals surface area contributed by atoms with E-state index in [2.05, 4.69) is 4.98 Å². The number of pyridine rings is 1. The zero-order valence-corrected chi connectivity index (χ0v) is 12.6. The van der Waals surface area contributed by atoms with Gasteiger partial charge in [0, 0.05) is 18.9 Å². The molecule has 0 spiro atoms. The predicted octanol–water partition coefficient (Wildman–Crippen LogP) is 4.10. The highest BCUT2D eigenvalue weighted by Crippen LogP contribution is 2.24. The van der Waals surface area contributed by atoms with E-state index in [0.717, 1.165) is 5.56 Å². The Morgan fingerprint density at radius 3 is 2.57 bits per heavy atom. The molecule has 0 N–H and O–H groups in total. The molecular formula is C16H16ClFN2O. The molecule has 0 aliphatic rings. The highest BCUT2D eigenvalue weighted by Gasteiger charge is 2.23. The third-order valence-electron chi connectivity index (χ3n) is 3.42. The Morgan fingerprint density at radius 2 is 2.00 bits per heavy atom. The second-order valence-corrected chi connectivity index (χ2v) is 5.08. The van der Waals surface area contributed by atoms with E-state index in [-0.39, 0.29) is 17.8 Å². The molecular weight excluding hydrogens is 291 g/mol. The molecule has 0 saturated heterocycles. The normalized spacial score (nSPS) is 12.0. The fourth-order valence-electron chi connectivity index (χ4n) is 2.20. The van der Waals surface area contributed by atoms with Gasteiger partial charge >= 0.3 is 0 Å². The Hall–Kier alpha value is -1.94. The average Bonchev–Trinajstić information content (AvgIpc) is 2.49. The van der Waals surface area contributed by atoms with E-state index in [4.69, 9.17) is 11.6 Å². The topological polar surface area (TPSA) is 33.2 Å². The van der Waals surface area contributed by atoms with Gasteiger partial charge in [-0.15, -0.1) is 0 Å². The molecule has 1 aromatic heterocycles. The maximum atomic E-state index is 13.0. The first-order valence-electron chi connectivity index (χ1n) is 6.70. The number of amides is 1. The number of nitrogens with zero attached hydrogens (tertiary/aromatic N) is 2. The van der Waals surface area contributed by atoms with Crippen LogP contribution in [0.3, 0.4) is 0 Å². The maximum absolute atomic E-state index is 13.0. The van der Waals surface area contributed by atoms with Gasteiger partial charge in [0.25, 0.3) is 5.91 Å². The first kappa shape index (κ1) is 15.4. The smallest absolute Gasteiger partial charge is 0.257 e. The zero-order valence-electron chi connectivity index (χ0n) is 11.9. The molecule has 3 nitrogen and oxygen atoms in total. The summed E-state index contributed by atoms with van der Waals surface area (Å²) in [5.74, 6) is -0.483. The van der Waals surface area contributed by atoms with Gasteiger partial charge in [0.1, 0.15) is 5.82 Å². The quantitative estimate of drug-likeness (QED) is 0.852. The molecule has 2 aromatic rings. The van der Waals surface area contributed by atoms with Crippen LogP contribution in [0.1, 0.15) is 35.8 Å². The molecule has 0 aliphatic carbocycles. The summed E-state index contributed by atoms with van der Waals surface area (Å²) in [5.41, 5.74) is 1.24. The van der Waals surface area contributed by atoms with Crippen LogP contribution in [0.4, 0.5) is 4.39 Å². The van der Waals surface area contributed by atoms with Crippen molar-refractivity contribution in [2.24, 2.45) is 0 Å². The first-order chi connectivity index (χ1) is 10.0. The van der Waals surface area contributed by atoms with Crippen LogP contribution in [0.5, 0.6) is 0 Å². The number of benzene rings is 1. The highest BCUT2D eigenvalue weighted by molar-refractivity contribution is 6.33. The van der Waals surface area contributed by atoms with Crippen molar-refractivity contribution in [3.05, 3.63) is 64.7 Å². The van der Waals surface area contributed by atoms with Crippen LogP contribution in [-0.2, 0) is 0 Å². The molecule has 0 aliphatic heterocycles. The lowest BCUT2D eigenvalue weighted by Crippen LogP contribution is -2.33. The van der Waals surface area contributed by atoms with E-state index >= 15 is 0 Å². The summed E-state index contributed by atoms with van der Waals surface area (Å²) in [4.78, 5) is 18.2. The summed E-state index contributed by atoms with van der Waals surface area (Å²) >= 11 is 6.05. The molecule has 0 saturated carbocycles. The Labute approximate surface area is 128 Å². The molecule has 2 rings (SSSR count). The molecule has 0 fully saturated rings. The van der Waals surface area contributed by atoms with Crippen molar-refractivity contribution in [1.29, 1.82) is 0 Å². The van der Waals surface area contributed by atoms with Gasteiger partial charge in [0.05, 0.1) is 16.6 Å². The lowest BCUT2D eigenvalue weighted by atomic mass is 10.1. The van der Waals surface area contributed by atoms with Crippen LogP contribution in [-0.4, -0.2) is 22.3 Å². The van der Waals surface area contributed by atoms with E-state index in [9.17, 15) is 9.18 Å². The summed E-state index contributed by atoms with van der Waals surface area (Å²) in [6.45, 7) is 4.31. The number of carbonyl (C=O) groups is 1. The molecule has 1 heterocycles. The van der Waals surface area contributed by atoms with Gasteiger partial charge in [0.15, 0.2) is 0 Å². The SMILES string of the molecule is CCN(C(=O)c1cnccc1Cl)C(C)c1ccc(F)cc1. The molecule has 0 bridgehead atoms. The van der Waals surface area contributed by atoms with E-state index in [0.29, 0.717) is 17.1 Å². The highest BCUT2D eigenvalue weighted by atomic mass is 35.5. The maximum Gasteiger partial charge on any atom is 0.257 e. The molecule has 110 valence electrons. The summed E-state index contributed by atoms with van der Waals surface area (Å²) in [6, 6.07) is 7.55. The van der Waals surface area contributed by atoms with Gasteiger partial charge in [-0.2, -0.15) is 0 Å². The van der Waals surface area contributed by atoms with E-state index in [1.165, 1.54) is 18.3 Å². The molecule has 1 aromatic carbocycles. The fourth-order valence-corrected chi connectivity index (χ4v) is 2.39. The zero-order chi connectivity index (χ0) is 15.4. The van der Waals surface area contributed by atoms with Crippen LogP contribution < -0.4 is 0 Å². The molecule has 1 amide bonds. The second-order valence-electron chi connectivity index (χ2n) is 4.67. The lowest BCUT2D eigenvalue weighted by molar-refractivity contribution is 0.0702. The van der Waals surface area contributed by atoms with Crippen LogP contribution >= 0.6 is 11.6 Å². The Bertz CT molecular complexity index is 630. The van der Waals surface area contributed by atoms with E-state index < -0.39 is 0 Å². The molecule has 21 heavy (non-hydrogen) atoms. The van der Waals surface area contributed by atoms with Gasteiger partial charge in [-0.25, -0.2) is 4.39 Å². The van der Waals surface area contributed by atoms with Gasteiger partial charge < -0.3 is 4.90 Å². The minimum absolute atomic E-state index is 0.181. The van der Waals surface area contributed by atoms with Gasteiger partial charge in [-0.3, -0.25) is 9.78 Å². The fraction of sp³-hybridized carbons (Fsp3) is 0.250. The second kappa shape index (κ2) is 6.68. The van der Waals surface area contributed by atoms with Crippen molar-refractivity contribution in [2.45, 2.75) is 19.9 Å². The molecule has 1 atom stereocenters.